The van der Waals surface area contributed by atoms with Gasteiger partial charge >= 0.3 is 0 Å². The summed E-state index contributed by atoms with van der Waals surface area (Å²) in [4.78, 5) is 16.5. The van der Waals surface area contributed by atoms with Crippen LogP contribution in [-0.4, -0.2) is 30.9 Å². The molecule has 0 aliphatic carbocycles. The second-order valence-corrected chi connectivity index (χ2v) is 5.49. The van der Waals surface area contributed by atoms with Crippen LogP contribution in [0.2, 0.25) is 0 Å². The van der Waals surface area contributed by atoms with Gasteiger partial charge in [-0.3, -0.25) is 9.48 Å². The molecule has 0 unspecified atom stereocenters. The zero-order valence-corrected chi connectivity index (χ0v) is 13.2. The van der Waals surface area contributed by atoms with Gasteiger partial charge in [0, 0.05) is 6.20 Å². The summed E-state index contributed by atoms with van der Waals surface area (Å²) in [6, 6.07) is 17.2. The van der Waals surface area contributed by atoms with Crippen LogP contribution in [0, 0.1) is 0 Å². The number of hydrogen-bond donors (Lipinski definition) is 1. The van der Waals surface area contributed by atoms with Crippen LogP contribution in [0.5, 0.6) is 0 Å². The van der Waals surface area contributed by atoms with Crippen molar-refractivity contribution in [3.8, 4) is 0 Å². The Bertz CT molecular complexity index is 1030. The van der Waals surface area contributed by atoms with E-state index in [1.807, 2.05) is 42.5 Å². The maximum Gasteiger partial charge on any atom is 0.295 e. The average molecular weight is 330 g/mol. The van der Waals surface area contributed by atoms with Crippen LogP contribution >= 0.6 is 0 Å². The fraction of sp³-hybridized carbons (Fsp3) is 0.0556. The minimum Gasteiger partial charge on any atom is -0.316 e. The Morgan fingerprint density at radius 2 is 1.72 bits per heavy atom. The highest BCUT2D eigenvalue weighted by molar-refractivity contribution is 6.01. The summed E-state index contributed by atoms with van der Waals surface area (Å²) in [5.74, 6) is -0.396. The average Bonchev–Trinajstić information content (AvgIpc) is 3.09. The third kappa shape index (κ3) is 3.35. The molecule has 2 aromatic heterocycles. The molecule has 122 valence electrons. The number of amides is 1. The lowest BCUT2D eigenvalue weighted by atomic mass is 10.2. The lowest BCUT2D eigenvalue weighted by molar-refractivity contribution is 0.101. The zero-order valence-electron chi connectivity index (χ0n) is 13.2. The monoisotopic (exact) mass is 330 g/mol. The Morgan fingerprint density at radius 1 is 0.960 bits per heavy atom. The Morgan fingerprint density at radius 3 is 2.56 bits per heavy atom. The van der Waals surface area contributed by atoms with Crippen LogP contribution in [0.1, 0.15) is 16.2 Å². The maximum absolute atomic E-state index is 12.3. The number of anilines is 1. The highest BCUT2D eigenvalue weighted by Gasteiger charge is 2.12. The molecule has 7 nitrogen and oxygen atoms in total. The van der Waals surface area contributed by atoms with E-state index in [0.717, 1.165) is 5.56 Å². The lowest BCUT2D eigenvalue weighted by Gasteiger charge is -2.02. The molecule has 0 saturated carbocycles. The van der Waals surface area contributed by atoms with E-state index in [9.17, 15) is 4.79 Å². The van der Waals surface area contributed by atoms with E-state index in [4.69, 9.17) is 0 Å². The van der Waals surface area contributed by atoms with Crippen LogP contribution in [-0.2, 0) is 6.54 Å². The molecule has 0 radical (unpaired) electrons. The minimum atomic E-state index is -0.419. The fourth-order valence-corrected chi connectivity index (χ4v) is 2.45. The maximum atomic E-state index is 12.3. The molecule has 0 fully saturated rings. The van der Waals surface area contributed by atoms with Gasteiger partial charge in [-0.25, -0.2) is 4.98 Å². The summed E-state index contributed by atoms with van der Waals surface area (Å²) >= 11 is 0. The van der Waals surface area contributed by atoms with Crippen molar-refractivity contribution in [2.24, 2.45) is 0 Å². The van der Waals surface area contributed by atoms with Crippen molar-refractivity contribution in [1.82, 2.24) is 25.0 Å². The van der Waals surface area contributed by atoms with Gasteiger partial charge < -0.3 is 5.32 Å². The molecule has 1 amide bonds. The summed E-state index contributed by atoms with van der Waals surface area (Å²) in [6.07, 6.45) is 3.36. The van der Waals surface area contributed by atoms with Crippen LogP contribution in [0.15, 0.2) is 67.0 Å². The van der Waals surface area contributed by atoms with Crippen molar-refractivity contribution in [3.63, 3.8) is 0 Å². The van der Waals surface area contributed by atoms with Gasteiger partial charge in [0.15, 0.2) is 0 Å². The quantitative estimate of drug-likeness (QED) is 0.621. The third-order valence-electron chi connectivity index (χ3n) is 3.64. The molecule has 0 aliphatic rings. The van der Waals surface area contributed by atoms with Crippen molar-refractivity contribution in [1.29, 1.82) is 0 Å². The first kappa shape index (κ1) is 14.9. The normalized spacial score (nSPS) is 10.7. The van der Waals surface area contributed by atoms with Gasteiger partial charge in [0.05, 0.1) is 23.9 Å². The van der Waals surface area contributed by atoms with Gasteiger partial charge in [-0.2, -0.15) is 5.10 Å². The summed E-state index contributed by atoms with van der Waals surface area (Å²) < 4.78 is 1.75. The molecule has 0 spiro atoms. The molecule has 0 bridgehead atoms. The fourth-order valence-electron chi connectivity index (χ4n) is 2.45. The van der Waals surface area contributed by atoms with Crippen LogP contribution in [0.4, 0.5) is 5.69 Å². The zero-order chi connectivity index (χ0) is 17.1. The van der Waals surface area contributed by atoms with Crippen LogP contribution < -0.4 is 5.32 Å². The second-order valence-electron chi connectivity index (χ2n) is 5.49. The molecule has 1 N–H and O–H groups in total. The topological polar surface area (TPSA) is 85.6 Å². The number of fused-ring (bicyclic) bond motifs is 1. The summed E-state index contributed by atoms with van der Waals surface area (Å²) in [5, 5.41) is 14.9. The van der Waals surface area contributed by atoms with E-state index in [1.165, 1.54) is 0 Å². The van der Waals surface area contributed by atoms with Crippen molar-refractivity contribution in [2.75, 3.05) is 5.32 Å². The van der Waals surface area contributed by atoms with E-state index in [2.05, 4.69) is 25.6 Å². The van der Waals surface area contributed by atoms with Gasteiger partial charge in [0.2, 0.25) is 5.82 Å². The van der Waals surface area contributed by atoms with Crippen LogP contribution in [0.25, 0.3) is 11.0 Å². The number of carbonyl (C=O) groups excluding carboxylic acids is 1. The molecule has 0 atom stereocenters. The first-order valence-corrected chi connectivity index (χ1v) is 7.75. The number of para-hydroxylation sites is 1. The molecule has 2 heterocycles. The number of aromatic nitrogens is 5. The van der Waals surface area contributed by atoms with Crippen molar-refractivity contribution in [2.45, 2.75) is 6.54 Å². The molecule has 2 aromatic carbocycles. The van der Waals surface area contributed by atoms with Crippen molar-refractivity contribution in [3.05, 3.63) is 78.4 Å². The first-order chi connectivity index (χ1) is 12.3. The number of benzene rings is 2. The lowest BCUT2D eigenvalue weighted by Crippen LogP contribution is -2.16. The number of carbonyl (C=O) groups is 1. The smallest absolute Gasteiger partial charge is 0.295 e. The molecule has 4 aromatic rings. The highest BCUT2D eigenvalue weighted by Crippen LogP contribution is 2.10. The summed E-state index contributed by atoms with van der Waals surface area (Å²) in [5.41, 5.74) is 2.99. The van der Waals surface area contributed by atoms with Gasteiger partial charge in [-0.1, -0.05) is 42.5 Å². The van der Waals surface area contributed by atoms with E-state index in [0.29, 0.717) is 23.3 Å². The number of rotatable bonds is 4. The molecule has 7 heteroatoms. The Labute approximate surface area is 143 Å². The highest BCUT2D eigenvalue weighted by atomic mass is 16.2. The molecule has 25 heavy (non-hydrogen) atoms. The Hall–Kier alpha value is -3.61. The van der Waals surface area contributed by atoms with Gasteiger partial charge in [-0.05, 0) is 17.7 Å². The van der Waals surface area contributed by atoms with Crippen molar-refractivity contribution < 1.29 is 4.79 Å². The first-order valence-electron chi connectivity index (χ1n) is 7.75. The number of nitrogens with zero attached hydrogens (tertiary/aromatic N) is 5. The SMILES string of the molecule is O=C(Nc1cnn(Cc2ccccc2)c1)c1nnc2ccccc2n1. The predicted molar refractivity (Wildman–Crippen MR) is 93.1 cm³/mol. The summed E-state index contributed by atoms with van der Waals surface area (Å²) in [7, 11) is 0. The molecular formula is C18H14N6O. The van der Waals surface area contributed by atoms with E-state index in [-0.39, 0.29) is 5.82 Å². The molecule has 0 aliphatic heterocycles. The summed E-state index contributed by atoms with van der Waals surface area (Å²) in [6.45, 7) is 0.630. The number of nitrogens with one attached hydrogen (secondary N) is 1. The minimum absolute atomic E-state index is 0.0227. The third-order valence-corrected chi connectivity index (χ3v) is 3.64. The largest absolute Gasteiger partial charge is 0.316 e. The second kappa shape index (κ2) is 6.48. The molecule has 4 rings (SSSR count). The van der Waals surface area contributed by atoms with Gasteiger partial charge in [0.25, 0.3) is 5.91 Å². The Kier molecular flexibility index (Phi) is 3.88. The Balaban J connectivity index is 1.48. The number of hydrogen-bond acceptors (Lipinski definition) is 5. The predicted octanol–water partition coefficient (Wildman–Crippen LogP) is 2.52. The van der Waals surface area contributed by atoms with Gasteiger partial charge in [-0.15, -0.1) is 10.2 Å². The van der Waals surface area contributed by atoms with E-state index < -0.39 is 5.91 Å². The van der Waals surface area contributed by atoms with Crippen molar-refractivity contribution >= 4 is 22.6 Å². The van der Waals surface area contributed by atoms with Gasteiger partial charge in [0.1, 0.15) is 5.52 Å². The van der Waals surface area contributed by atoms with Crippen LogP contribution in [0.3, 0.4) is 0 Å². The standard InChI is InChI=1S/C18H14N6O/c25-18(17-21-15-8-4-5-9-16(15)22-23-17)20-14-10-19-24(12-14)11-13-6-2-1-3-7-13/h1-10,12H,11H2,(H,20,25). The molecular weight excluding hydrogens is 316 g/mol. The van der Waals surface area contributed by atoms with E-state index in [1.54, 1.807) is 29.2 Å². The molecule has 0 saturated heterocycles. The van der Waals surface area contributed by atoms with E-state index >= 15 is 0 Å².